The number of fused-ring (bicyclic) bond motifs is 4. The molecule has 1 amide bonds. The second-order valence-electron chi connectivity index (χ2n) is 11.7. The average Bonchev–Trinajstić information content (AvgIpc) is 3.14. The molecule has 2 bridgehead atoms. The first-order valence-electron chi connectivity index (χ1n) is 14.1. The van der Waals surface area contributed by atoms with Gasteiger partial charge in [0.25, 0.3) is 0 Å². The zero-order valence-corrected chi connectivity index (χ0v) is 22.8. The van der Waals surface area contributed by atoms with E-state index >= 15 is 0 Å². The molecule has 2 aromatic rings. The Morgan fingerprint density at radius 1 is 1.11 bits per heavy atom. The third-order valence-corrected chi connectivity index (χ3v) is 8.63. The molecule has 3 heterocycles. The van der Waals surface area contributed by atoms with Crippen LogP contribution in [0.25, 0.3) is 11.1 Å². The molecule has 0 saturated carbocycles. The Hall–Kier alpha value is -2.73. The molecule has 37 heavy (non-hydrogen) atoms. The Balaban J connectivity index is 1.50. The topological polar surface area (TPSA) is 62.2 Å². The number of amides is 1. The van der Waals surface area contributed by atoms with Crippen molar-refractivity contribution in [1.82, 2.24) is 9.80 Å². The second kappa shape index (κ2) is 10.6. The first-order valence-corrected chi connectivity index (χ1v) is 14.1. The molecule has 6 heteroatoms. The summed E-state index contributed by atoms with van der Waals surface area (Å²) in [5, 5.41) is 10.5. The molecule has 6 rings (SSSR count). The van der Waals surface area contributed by atoms with Crippen LogP contribution in [0.3, 0.4) is 0 Å². The van der Waals surface area contributed by atoms with E-state index in [0.717, 1.165) is 86.5 Å². The van der Waals surface area contributed by atoms with E-state index in [2.05, 4.69) is 49.9 Å². The number of hydrogen-bond acceptors (Lipinski definition) is 4. The largest absolute Gasteiger partial charge is 0.494 e. The summed E-state index contributed by atoms with van der Waals surface area (Å²) in [6.07, 6.45) is 4.39. The summed E-state index contributed by atoms with van der Waals surface area (Å²) in [4.78, 5) is 17.1. The van der Waals surface area contributed by atoms with Crippen LogP contribution in [0.5, 0.6) is 11.5 Å². The standard InChI is InChI=1S/C31H42N2O4/c1-5-7-16-37-24-10-8-21(9-11-24)25-17-23-19-31(3,4)29(26(23)18-28(25)36-6-2)33(30(34)35)27-20-32-14-12-22(27)13-15-32/h8-11,17-18,22,27,29H,5-7,12-16,19-20H2,1-4H3,(H,34,35)/t27-,29+/m1/s1. The Bertz CT molecular complexity index is 1100. The Labute approximate surface area is 221 Å². The van der Waals surface area contributed by atoms with Crippen LogP contribution in [-0.4, -0.2) is 59.9 Å². The number of ether oxygens (including phenoxy) is 2. The van der Waals surface area contributed by atoms with Crippen molar-refractivity contribution in [2.24, 2.45) is 11.3 Å². The van der Waals surface area contributed by atoms with Crippen LogP contribution in [0.4, 0.5) is 4.79 Å². The number of hydrogen-bond donors (Lipinski definition) is 1. The number of unbranched alkanes of at least 4 members (excludes halogenated alkanes) is 1. The summed E-state index contributed by atoms with van der Waals surface area (Å²) >= 11 is 0. The highest BCUT2D eigenvalue weighted by Crippen LogP contribution is 2.53. The van der Waals surface area contributed by atoms with Crippen molar-refractivity contribution < 1.29 is 19.4 Å². The molecule has 0 unspecified atom stereocenters. The van der Waals surface area contributed by atoms with Crippen molar-refractivity contribution in [2.45, 2.75) is 71.9 Å². The van der Waals surface area contributed by atoms with Gasteiger partial charge >= 0.3 is 6.09 Å². The Morgan fingerprint density at radius 3 is 2.43 bits per heavy atom. The fraction of sp³-hybridized carbons (Fsp3) is 0.581. The van der Waals surface area contributed by atoms with E-state index in [9.17, 15) is 9.90 Å². The van der Waals surface area contributed by atoms with Crippen LogP contribution in [0.2, 0.25) is 0 Å². The van der Waals surface area contributed by atoms with Gasteiger partial charge in [0.15, 0.2) is 0 Å². The van der Waals surface area contributed by atoms with E-state index in [1.807, 2.05) is 24.0 Å². The van der Waals surface area contributed by atoms with Gasteiger partial charge in [0.05, 0.1) is 25.3 Å². The van der Waals surface area contributed by atoms with Gasteiger partial charge < -0.3 is 19.5 Å². The molecule has 1 N–H and O–H groups in total. The van der Waals surface area contributed by atoms with E-state index in [-0.39, 0.29) is 17.5 Å². The number of carboxylic acid groups (broad SMARTS) is 1. The van der Waals surface area contributed by atoms with Crippen LogP contribution >= 0.6 is 0 Å². The minimum Gasteiger partial charge on any atom is -0.494 e. The molecule has 0 aromatic heterocycles. The van der Waals surface area contributed by atoms with E-state index in [0.29, 0.717) is 12.5 Å². The normalized spacial score (nSPS) is 25.5. The van der Waals surface area contributed by atoms with E-state index in [4.69, 9.17) is 9.47 Å². The van der Waals surface area contributed by atoms with Gasteiger partial charge in [0, 0.05) is 12.1 Å². The van der Waals surface area contributed by atoms with Gasteiger partial charge in [-0.3, -0.25) is 4.90 Å². The maximum absolute atomic E-state index is 12.8. The molecule has 4 aliphatic rings. The first-order chi connectivity index (χ1) is 17.8. The summed E-state index contributed by atoms with van der Waals surface area (Å²) in [6, 6.07) is 12.5. The maximum atomic E-state index is 12.8. The highest BCUT2D eigenvalue weighted by molar-refractivity contribution is 5.74. The van der Waals surface area contributed by atoms with Crippen LogP contribution < -0.4 is 9.47 Å². The summed E-state index contributed by atoms with van der Waals surface area (Å²) in [6.45, 7) is 12.9. The average molecular weight is 507 g/mol. The fourth-order valence-corrected chi connectivity index (χ4v) is 6.84. The summed E-state index contributed by atoms with van der Waals surface area (Å²) in [5.74, 6) is 2.15. The number of nitrogens with zero attached hydrogens (tertiary/aromatic N) is 2. The highest BCUT2D eigenvalue weighted by Gasteiger charge is 2.50. The van der Waals surface area contributed by atoms with E-state index < -0.39 is 6.09 Å². The van der Waals surface area contributed by atoms with Gasteiger partial charge in [-0.05, 0) is 98.0 Å². The van der Waals surface area contributed by atoms with E-state index in [1.54, 1.807) is 0 Å². The Morgan fingerprint density at radius 2 is 1.84 bits per heavy atom. The van der Waals surface area contributed by atoms with Crippen LogP contribution in [0, 0.1) is 11.3 Å². The fourth-order valence-electron chi connectivity index (χ4n) is 6.84. The molecule has 6 nitrogen and oxygen atoms in total. The zero-order chi connectivity index (χ0) is 26.2. The first kappa shape index (κ1) is 25.9. The van der Waals surface area contributed by atoms with Gasteiger partial charge in [-0.15, -0.1) is 0 Å². The van der Waals surface area contributed by atoms with Crippen molar-refractivity contribution >= 4 is 6.09 Å². The zero-order valence-electron chi connectivity index (χ0n) is 22.8. The predicted molar refractivity (Wildman–Crippen MR) is 146 cm³/mol. The molecule has 200 valence electrons. The lowest BCUT2D eigenvalue weighted by Crippen LogP contribution is -2.60. The number of benzene rings is 2. The van der Waals surface area contributed by atoms with E-state index in [1.165, 1.54) is 5.56 Å². The monoisotopic (exact) mass is 506 g/mol. The molecule has 0 spiro atoms. The highest BCUT2D eigenvalue weighted by atomic mass is 16.5. The third kappa shape index (κ3) is 5.05. The molecule has 2 atom stereocenters. The van der Waals surface area contributed by atoms with Gasteiger partial charge in [-0.2, -0.15) is 0 Å². The minimum absolute atomic E-state index is 0.0469. The quantitative estimate of drug-likeness (QED) is 0.387. The molecule has 3 fully saturated rings. The predicted octanol–water partition coefficient (Wildman–Crippen LogP) is 6.63. The second-order valence-corrected chi connectivity index (χ2v) is 11.7. The van der Waals surface area contributed by atoms with Crippen LogP contribution in [-0.2, 0) is 6.42 Å². The lowest BCUT2D eigenvalue weighted by atomic mass is 9.79. The van der Waals surface area contributed by atoms with Crippen LogP contribution in [0.15, 0.2) is 36.4 Å². The minimum atomic E-state index is -0.801. The van der Waals surface area contributed by atoms with Crippen molar-refractivity contribution in [2.75, 3.05) is 32.8 Å². The molecule has 1 aliphatic carbocycles. The SMILES string of the molecule is CCCCOc1ccc(-c2cc3c(cc2OCC)[C@H](N(C(=O)O)[C@@H]2CN4CCC2CC4)C(C)(C)C3)cc1. The maximum Gasteiger partial charge on any atom is 0.408 e. The van der Waals surface area contributed by atoms with Crippen molar-refractivity contribution in [3.05, 3.63) is 47.5 Å². The van der Waals surface area contributed by atoms with Crippen molar-refractivity contribution in [1.29, 1.82) is 0 Å². The summed E-state index contributed by atoms with van der Waals surface area (Å²) < 4.78 is 12.0. The molecule has 3 saturated heterocycles. The lowest BCUT2D eigenvalue weighted by Gasteiger charge is -2.51. The van der Waals surface area contributed by atoms with Gasteiger partial charge in [-0.25, -0.2) is 4.79 Å². The van der Waals surface area contributed by atoms with Gasteiger partial charge in [0.2, 0.25) is 0 Å². The van der Waals surface area contributed by atoms with Crippen LogP contribution in [0.1, 0.15) is 70.5 Å². The lowest BCUT2D eigenvalue weighted by molar-refractivity contribution is -0.0267. The van der Waals surface area contributed by atoms with Crippen molar-refractivity contribution in [3.8, 4) is 22.6 Å². The summed E-state index contributed by atoms with van der Waals surface area (Å²) in [7, 11) is 0. The molecule has 2 aromatic carbocycles. The Kier molecular flexibility index (Phi) is 7.39. The van der Waals surface area contributed by atoms with Gasteiger partial charge in [0.1, 0.15) is 11.5 Å². The molecular formula is C31H42N2O4. The number of piperidine rings is 3. The number of rotatable bonds is 9. The molecular weight excluding hydrogens is 464 g/mol. The summed E-state index contributed by atoms with van der Waals surface area (Å²) in [5.41, 5.74) is 4.27. The molecule has 0 radical (unpaired) electrons. The third-order valence-electron chi connectivity index (χ3n) is 8.63. The molecule has 3 aliphatic heterocycles. The van der Waals surface area contributed by atoms with Gasteiger partial charge in [-0.1, -0.05) is 39.3 Å². The smallest absolute Gasteiger partial charge is 0.408 e. The number of carbonyl (C=O) groups is 1. The van der Waals surface area contributed by atoms with Crippen molar-refractivity contribution in [3.63, 3.8) is 0 Å².